The SMILES string of the molecule is N#CN=C(N1CCCCC1)N1CCOCC1. The van der Waals surface area contributed by atoms with Crippen molar-refractivity contribution < 1.29 is 4.74 Å². The van der Waals surface area contributed by atoms with E-state index in [-0.39, 0.29) is 0 Å². The van der Waals surface area contributed by atoms with Crippen molar-refractivity contribution in [3.63, 3.8) is 0 Å². The van der Waals surface area contributed by atoms with Crippen molar-refractivity contribution in [2.75, 3.05) is 39.4 Å². The van der Waals surface area contributed by atoms with Crippen molar-refractivity contribution in [1.29, 1.82) is 5.26 Å². The Morgan fingerprint density at radius 3 is 2.25 bits per heavy atom. The molecule has 0 unspecified atom stereocenters. The molecular weight excluding hydrogens is 204 g/mol. The standard InChI is InChI=1S/C11H18N4O/c12-10-13-11(14-4-2-1-3-5-14)15-6-8-16-9-7-15/h1-9H2. The summed E-state index contributed by atoms with van der Waals surface area (Å²) in [5.74, 6) is 0.852. The number of nitriles is 1. The van der Waals surface area contributed by atoms with Gasteiger partial charge in [0.1, 0.15) is 0 Å². The van der Waals surface area contributed by atoms with E-state index >= 15 is 0 Å². The molecule has 88 valence electrons. The van der Waals surface area contributed by atoms with E-state index in [0.717, 1.165) is 45.4 Å². The predicted molar refractivity (Wildman–Crippen MR) is 60.9 cm³/mol. The Hall–Kier alpha value is -1.28. The zero-order valence-electron chi connectivity index (χ0n) is 9.56. The number of hydrogen-bond donors (Lipinski definition) is 0. The Bertz CT molecular complexity index is 265. The summed E-state index contributed by atoms with van der Waals surface area (Å²) in [6, 6.07) is 0. The lowest BCUT2D eigenvalue weighted by molar-refractivity contribution is 0.0614. The first-order valence-electron chi connectivity index (χ1n) is 5.96. The Balaban J connectivity index is 2.03. The first kappa shape index (κ1) is 11.2. The third-order valence-electron chi connectivity index (χ3n) is 3.08. The van der Waals surface area contributed by atoms with Gasteiger partial charge in [-0.3, -0.25) is 0 Å². The van der Waals surface area contributed by atoms with Crippen molar-refractivity contribution in [2.45, 2.75) is 19.3 Å². The molecule has 2 fully saturated rings. The summed E-state index contributed by atoms with van der Waals surface area (Å²) in [7, 11) is 0. The summed E-state index contributed by atoms with van der Waals surface area (Å²) in [6.07, 6.45) is 5.62. The van der Waals surface area contributed by atoms with Gasteiger partial charge >= 0.3 is 0 Å². The van der Waals surface area contributed by atoms with E-state index in [1.165, 1.54) is 19.3 Å². The fourth-order valence-electron chi connectivity index (χ4n) is 2.24. The molecule has 2 heterocycles. The molecule has 0 aromatic heterocycles. The minimum absolute atomic E-state index is 0.734. The maximum Gasteiger partial charge on any atom is 0.212 e. The van der Waals surface area contributed by atoms with Crippen molar-refractivity contribution in [3.8, 4) is 6.19 Å². The van der Waals surface area contributed by atoms with Crippen molar-refractivity contribution in [1.82, 2.24) is 9.80 Å². The summed E-state index contributed by atoms with van der Waals surface area (Å²) in [5.41, 5.74) is 0. The molecule has 0 aromatic carbocycles. The molecule has 16 heavy (non-hydrogen) atoms. The molecule has 2 aliphatic rings. The number of ether oxygens (including phenoxy) is 1. The zero-order chi connectivity index (χ0) is 11.2. The van der Waals surface area contributed by atoms with Crippen LogP contribution in [-0.2, 0) is 4.74 Å². The van der Waals surface area contributed by atoms with Crippen LogP contribution in [0.15, 0.2) is 4.99 Å². The molecule has 0 saturated carbocycles. The van der Waals surface area contributed by atoms with Gasteiger partial charge in [-0.15, -0.1) is 4.99 Å². The van der Waals surface area contributed by atoms with E-state index in [0.29, 0.717) is 0 Å². The molecule has 0 aromatic rings. The van der Waals surface area contributed by atoms with E-state index in [2.05, 4.69) is 14.8 Å². The number of likely N-dealkylation sites (tertiary alicyclic amines) is 1. The van der Waals surface area contributed by atoms with E-state index in [4.69, 9.17) is 10.00 Å². The van der Waals surface area contributed by atoms with Crippen molar-refractivity contribution in [3.05, 3.63) is 0 Å². The molecule has 0 spiro atoms. The topological polar surface area (TPSA) is 51.9 Å². The molecular formula is C11H18N4O. The molecule has 0 amide bonds. The third-order valence-corrected chi connectivity index (χ3v) is 3.08. The first-order chi connectivity index (χ1) is 7.92. The molecule has 2 aliphatic heterocycles. The molecule has 0 N–H and O–H groups in total. The number of nitrogens with zero attached hydrogens (tertiary/aromatic N) is 4. The number of aliphatic imine (C=N–C) groups is 1. The minimum atomic E-state index is 0.734. The van der Waals surface area contributed by atoms with E-state index in [1.54, 1.807) is 0 Å². The predicted octanol–water partition coefficient (Wildman–Crippen LogP) is 0.642. The number of hydrogen-bond acceptors (Lipinski definition) is 3. The largest absolute Gasteiger partial charge is 0.378 e. The second-order valence-corrected chi connectivity index (χ2v) is 4.16. The summed E-state index contributed by atoms with van der Waals surface area (Å²) >= 11 is 0. The van der Waals surface area contributed by atoms with E-state index in [1.807, 2.05) is 6.19 Å². The van der Waals surface area contributed by atoms with Gasteiger partial charge in [0.25, 0.3) is 0 Å². The van der Waals surface area contributed by atoms with Gasteiger partial charge in [-0.1, -0.05) is 0 Å². The van der Waals surface area contributed by atoms with Crippen LogP contribution < -0.4 is 0 Å². The van der Waals surface area contributed by atoms with Crippen LogP contribution in [0.5, 0.6) is 0 Å². The molecule has 0 radical (unpaired) electrons. The van der Waals surface area contributed by atoms with E-state index < -0.39 is 0 Å². The quantitative estimate of drug-likeness (QED) is 0.343. The Labute approximate surface area is 96.3 Å². The maximum absolute atomic E-state index is 8.78. The molecule has 5 nitrogen and oxygen atoms in total. The lowest BCUT2D eigenvalue weighted by Crippen LogP contribution is -2.50. The molecule has 0 atom stereocenters. The first-order valence-corrected chi connectivity index (χ1v) is 5.96. The maximum atomic E-state index is 8.78. The van der Waals surface area contributed by atoms with Crippen LogP contribution in [0.1, 0.15) is 19.3 Å². The summed E-state index contributed by atoms with van der Waals surface area (Å²) in [6.45, 7) is 5.21. The number of rotatable bonds is 0. The van der Waals surface area contributed by atoms with Gasteiger partial charge in [0, 0.05) is 26.2 Å². The van der Waals surface area contributed by atoms with Gasteiger partial charge in [0.05, 0.1) is 13.2 Å². The highest BCUT2D eigenvalue weighted by Crippen LogP contribution is 2.12. The van der Waals surface area contributed by atoms with Crippen LogP contribution in [-0.4, -0.2) is 55.2 Å². The van der Waals surface area contributed by atoms with Gasteiger partial charge in [0.2, 0.25) is 12.2 Å². The Morgan fingerprint density at radius 2 is 1.62 bits per heavy atom. The second kappa shape index (κ2) is 5.71. The summed E-state index contributed by atoms with van der Waals surface area (Å²) < 4.78 is 5.32. The lowest BCUT2D eigenvalue weighted by atomic mass is 10.1. The summed E-state index contributed by atoms with van der Waals surface area (Å²) in [4.78, 5) is 8.39. The normalized spacial score (nSPS) is 23.1. The van der Waals surface area contributed by atoms with Crippen LogP contribution >= 0.6 is 0 Å². The third kappa shape index (κ3) is 2.64. The van der Waals surface area contributed by atoms with E-state index in [9.17, 15) is 0 Å². The monoisotopic (exact) mass is 222 g/mol. The lowest BCUT2D eigenvalue weighted by Gasteiger charge is -2.37. The Kier molecular flexibility index (Phi) is 4.00. The van der Waals surface area contributed by atoms with Gasteiger partial charge in [0.15, 0.2) is 0 Å². The zero-order valence-corrected chi connectivity index (χ0v) is 9.56. The van der Waals surface area contributed by atoms with Gasteiger partial charge in [-0.2, -0.15) is 5.26 Å². The van der Waals surface area contributed by atoms with Crippen molar-refractivity contribution in [2.24, 2.45) is 4.99 Å². The molecule has 0 aliphatic carbocycles. The molecule has 5 heteroatoms. The van der Waals surface area contributed by atoms with Gasteiger partial charge in [-0.05, 0) is 19.3 Å². The van der Waals surface area contributed by atoms with Crippen molar-refractivity contribution >= 4 is 5.96 Å². The Morgan fingerprint density at radius 1 is 1.00 bits per heavy atom. The van der Waals surface area contributed by atoms with Gasteiger partial charge < -0.3 is 14.5 Å². The highest BCUT2D eigenvalue weighted by molar-refractivity contribution is 5.81. The van der Waals surface area contributed by atoms with Crippen LogP contribution in [0.2, 0.25) is 0 Å². The number of guanidine groups is 1. The van der Waals surface area contributed by atoms with Crippen LogP contribution in [0, 0.1) is 11.5 Å². The minimum Gasteiger partial charge on any atom is -0.378 e. The molecule has 2 saturated heterocycles. The van der Waals surface area contributed by atoms with Gasteiger partial charge in [-0.25, -0.2) is 0 Å². The average molecular weight is 222 g/mol. The van der Waals surface area contributed by atoms with Crippen LogP contribution in [0.3, 0.4) is 0 Å². The smallest absolute Gasteiger partial charge is 0.212 e. The highest BCUT2D eigenvalue weighted by Gasteiger charge is 2.22. The number of piperidine rings is 1. The molecule has 2 rings (SSSR count). The fourth-order valence-corrected chi connectivity index (χ4v) is 2.24. The average Bonchev–Trinajstić information content (AvgIpc) is 2.38. The number of morpholine rings is 1. The molecule has 0 bridgehead atoms. The fraction of sp³-hybridized carbons (Fsp3) is 0.818. The van der Waals surface area contributed by atoms with Crippen LogP contribution in [0.4, 0.5) is 0 Å². The highest BCUT2D eigenvalue weighted by atomic mass is 16.5. The summed E-state index contributed by atoms with van der Waals surface area (Å²) in [5, 5.41) is 8.78. The second-order valence-electron chi connectivity index (χ2n) is 4.16. The van der Waals surface area contributed by atoms with Crippen LogP contribution in [0.25, 0.3) is 0 Å².